The summed E-state index contributed by atoms with van der Waals surface area (Å²) in [4.78, 5) is 16.4. The molecule has 3 aromatic rings. The smallest absolute Gasteiger partial charge is 0.363 e. The van der Waals surface area contributed by atoms with Gasteiger partial charge in [0.05, 0.1) is 6.61 Å². The molecule has 0 saturated carbocycles. The fourth-order valence-electron chi connectivity index (χ4n) is 3.06. The first-order valence-corrected chi connectivity index (χ1v) is 9.94. The van der Waals surface area contributed by atoms with E-state index in [9.17, 15) is 13.6 Å². The zero-order valence-electron chi connectivity index (χ0n) is 17.2. The van der Waals surface area contributed by atoms with E-state index in [1.807, 2.05) is 6.92 Å². The van der Waals surface area contributed by atoms with Crippen LogP contribution in [0.4, 0.5) is 8.78 Å². The standard InChI is InChI=1S/C25H19F2NO4/c1-2-30-23-13-17(8-11-22(23)31-15-16-6-9-19(26)10-7-16)12-21-25(29)32-24(28-21)18-4-3-5-20(27)14-18/h3-14H,2,15H2,1H3/b21-12+. The first kappa shape index (κ1) is 21.2. The lowest BCUT2D eigenvalue weighted by atomic mass is 10.1. The Labute approximate surface area is 183 Å². The van der Waals surface area contributed by atoms with E-state index < -0.39 is 11.8 Å². The minimum absolute atomic E-state index is 0.0463. The van der Waals surface area contributed by atoms with Crippen molar-refractivity contribution in [1.29, 1.82) is 0 Å². The van der Waals surface area contributed by atoms with Crippen LogP contribution in [0.15, 0.2) is 77.4 Å². The number of cyclic esters (lactones) is 1. The number of hydrogen-bond acceptors (Lipinski definition) is 5. The second kappa shape index (κ2) is 9.43. The number of benzene rings is 3. The maximum absolute atomic E-state index is 13.5. The summed E-state index contributed by atoms with van der Waals surface area (Å²) in [5.41, 5.74) is 1.93. The lowest BCUT2D eigenvalue weighted by molar-refractivity contribution is -0.129. The van der Waals surface area contributed by atoms with Gasteiger partial charge in [0.25, 0.3) is 0 Å². The van der Waals surface area contributed by atoms with Gasteiger partial charge in [-0.05, 0) is 66.6 Å². The van der Waals surface area contributed by atoms with Crippen molar-refractivity contribution in [2.75, 3.05) is 6.61 Å². The van der Waals surface area contributed by atoms with Gasteiger partial charge in [-0.25, -0.2) is 18.6 Å². The maximum atomic E-state index is 13.5. The molecule has 0 unspecified atom stereocenters. The van der Waals surface area contributed by atoms with Crippen molar-refractivity contribution in [2.45, 2.75) is 13.5 Å². The maximum Gasteiger partial charge on any atom is 0.363 e. The zero-order chi connectivity index (χ0) is 22.5. The number of ether oxygens (including phenoxy) is 3. The van der Waals surface area contributed by atoms with E-state index in [0.29, 0.717) is 29.2 Å². The second-order valence-electron chi connectivity index (χ2n) is 6.90. The molecule has 4 rings (SSSR count). The van der Waals surface area contributed by atoms with Gasteiger partial charge in [-0.3, -0.25) is 0 Å². The Morgan fingerprint density at radius 3 is 2.50 bits per heavy atom. The molecular formula is C25H19F2NO4. The lowest BCUT2D eigenvalue weighted by Gasteiger charge is -2.13. The molecular weight excluding hydrogens is 416 g/mol. The molecule has 7 heteroatoms. The first-order valence-electron chi connectivity index (χ1n) is 9.94. The summed E-state index contributed by atoms with van der Waals surface area (Å²) in [6.45, 7) is 2.50. The van der Waals surface area contributed by atoms with Crippen LogP contribution in [-0.4, -0.2) is 18.5 Å². The normalized spacial score (nSPS) is 14.3. The Morgan fingerprint density at radius 1 is 0.938 bits per heavy atom. The van der Waals surface area contributed by atoms with E-state index in [0.717, 1.165) is 5.56 Å². The number of esters is 1. The molecule has 1 heterocycles. The fourth-order valence-corrected chi connectivity index (χ4v) is 3.06. The van der Waals surface area contributed by atoms with Gasteiger partial charge in [0.15, 0.2) is 17.2 Å². The number of halogens is 2. The van der Waals surface area contributed by atoms with E-state index in [1.165, 1.54) is 30.3 Å². The number of rotatable bonds is 7. The molecule has 0 bridgehead atoms. The van der Waals surface area contributed by atoms with Gasteiger partial charge < -0.3 is 14.2 Å². The first-order chi connectivity index (χ1) is 15.5. The van der Waals surface area contributed by atoms with Crippen molar-refractivity contribution in [2.24, 2.45) is 4.99 Å². The number of carbonyl (C=O) groups is 1. The van der Waals surface area contributed by atoms with E-state index in [2.05, 4.69) is 4.99 Å². The number of hydrogen-bond donors (Lipinski definition) is 0. The van der Waals surface area contributed by atoms with Crippen molar-refractivity contribution < 1.29 is 27.8 Å². The SMILES string of the molecule is CCOc1cc(/C=C2/N=C(c3cccc(F)c3)OC2=O)ccc1OCc1ccc(F)cc1. The summed E-state index contributed by atoms with van der Waals surface area (Å²) in [5, 5.41) is 0. The second-order valence-corrected chi connectivity index (χ2v) is 6.90. The molecule has 0 spiro atoms. The van der Waals surface area contributed by atoms with Crippen LogP contribution >= 0.6 is 0 Å². The van der Waals surface area contributed by atoms with Crippen LogP contribution in [0.5, 0.6) is 11.5 Å². The van der Waals surface area contributed by atoms with E-state index in [4.69, 9.17) is 14.2 Å². The molecule has 3 aromatic carbocycles. The summed E-state index contributed by atoms with van der Waals surface area (Å²) in [6.07, 6.45) is 1.56. The highest BCUT2D eigenvalue weighted by molar-refractivity contribution is 6.12. The quantitative estimate of drug-likeness (QED) is 0.374. The van der Waals surface area contributed by atoms with Crippen LogP contribution in [0, 0.1) is 11.6 Å². The molecule has 0 aliphatic carbocycles. The molecule has 1 aliphatic rings. The topological polar surface area (TPSA) is 57.1 Å². The summed E-state index contributed by atoms with van der Waals surface area (Å²) in [6, 6.07) is 16.9. The molecule has 0 radical (unpaired) electrons. The van der Waals surface area contributed by atoms with Gasteiger partial charge >= 0.3 is 5.97 Å². The predicted octanol–water partition coefficient (Wildman–Crippen LogP) is 5.29. The highest BCUT2D eigenvalue weighted by Crippen LogP contribution is 2.31. The van der Waals surface area contributed by atoms with Crippen LogP contribution in [0.25, 0.3) is 6.08 Å². The minimum Gasteiger partial charge on any atom is -0.490 e. The van der Waals surface area contributed by atoms with Crippen LogP contribution in [0.3, 0.4) is 0 Å². The Balaban J connectivity index is 1.55. The number of carbonyl (C=O) groups excluding carboxylic acids is 1. The lowest BCUT2D eigenvalue weighted by Crippen LogP contribution is -2.05. The van der Waals surface area contributed by atoms with Crippen molar-refractivity contribution in [3.8, 4) is 11.5 Å². The van der Waals surface area contributed by atoms with Crippen molar-refractivity contribution in [1.82, 2.24) is 0 Å². The van der Waals surface area contributed by atoms with Gasteiger partial charge in [-0.1, -0.05) is 24.3 Å². The van der Waals surface area contributed by atoms with Crippen LogP contribution in [0.2, 0.25) is 0 Å². The summed E-state index contributed by atoms with van der Waals surface area (Å²) < 4.78 is 43.2. The monoisotopic (exact) mass is 435 g/mol. The average molecular weight is 435 g/mol. The molecule has 0 amide bonds. The predicted molar refractivity (Wildman–Crippen MR) is 115 cm³/mol. The molecule has 0 atom stereocenters. The third kappa shape index (κ3) is 5.00. The highest BCUT2D eigenvalue weighted by Gasteiger charge is 2.24. The van der Waals surface area contributed by atoms with E-state index in [1.54, 1.807) is 42.5 Å². The Kier molecular flexibility index (Phi) is 6.26. The molecule has 0 aromatic heterocycles. The molecule has 0 saturated heterocycles. The number of aliphatic imine (C=N–C) groups is 1. The van der Waals surface area contributed by atoms with Gasteiger partial charge in [0, 0.05) is 5.56 Å². The van der Waals surface area contributed by atoms with Crippen LogP contribution < -0.4 is 9.47 Å². The summed E-state index contributed by atoms with van der Waals surface area (Å²) >= 11 is 0. The van der Waals surface area contributed by atoms with Crippen LogP contribution in [0.1, 0.15) is 23.6 Å². The Hall–Kier alpha value is -4.00. The minimum atomic E-state index is -0.626. The van der Waals surface area contributed by atoms with Crippen molar-refractivity contribution in [3.05, 3.63) is 101 Å². The van der Waals surface area contributed by atoms with E-state index in [-0.39, 0.29) is 24.0 Å². The molecule has 5 nitrogen and oxygen atoms in total. The molecule has 162 valence electrons. The van der Waals surface area contributed by atoms with Crippen molar-refractivity contribution in [3.63, 3.8) is 0 Å². The van der Waals surface area contributed by atoms with E-state index >= 15 is 0 Å². The zero-order valence-corrected chi connectivity index (χ0v) is 17.2. The third-order valence-corrected chi connectivity index (χ3v) is 4.57. The van der Waals surface area contributed by atoms with Gasteiger partial charge in [0.1, 0.15) is 18.2 Å². The highest BCUT2D eigenvalue weighted by atomic mass is 19.1. The summed E-state index contributed by atoms with van der Waals surface area (Å²) in [5.74, 6) is -0.337. The summed E-state index contributed by atoms with van der Waals surface area (Å²) in [7, 11) is 0. The van der Waals surface area contributed by atoms with Gasteiger partial charge in [-0.15, -0.1) is 0 Å². The Morgan fingerprint density at radius 2 is 1.75 bits per heavy atom. The molecule has 0 fully saturated rings. The van der Waals surface area contributed by atoms with Crippen LogP contribution in [-0.2, 0) is 16.1 Å². The number of nitrogens with zero attached hydrogens (tertiary/aromatic N) is 1. The van der Waals surface area contributed by atoms with Gasteiger partial charge in [-0.2, -0.15) is 0 Å². The van der Waals surface area contributed by atoms with Gasteiger partial charge in [0.2, 0.25) is 5.90 Å². The Bertz CT molecular complexity index is 1200. The largest absolute Gasteiger partial charge is 0.490 e. The third-order valence-electron chi connectivity index (χ3n) is 4.57. The molecule has 1 aliphatic heterocycles. The molecule has 32 heavy (non-hydrogen) atoms. The molecule has 0 N–H and O–H groups in total. The fraction of sp³-hybridized carbons (Fsp3) is 0.120. The average Bonchev–Trinajstić information content (AvgIpc) is 3.15. The van der Waals surface area contributed by atoms with Crippen molar-refractivity contribution >= 4 is 17.9 Å².